The molecular formula is C11H11F3O2S2. The zero-order valence-electron chi connectivity index (χ0n) is 9.32. The Bertz CT molecular complexity index is 470. The highest BCUT2D eigenvalue weighted by Crippen LogP contribution is 2.31. The highest BCUT2D eigenvalue weighted by atomic mass is 32.2. The minimum atomic E-state index is -4.95. The molecule has 0 saturated carbocycles. The predicted octanol–water partition coefficient (Wildman–Crippen LogP) is 3.17. The van der Waals surface area contributed by atoms with Crippen molar-refractivity contribution in [1.29, 1.82) is 0 Å². The summed E-state index contributed by atoms with van der Waals surface area (Å²) in [4.78, 5) is 11.1. The molecule has 0 fully saturated rings. The van der Waals surface area contributed by atoms with Gasteiger partial charge in [0.2, 0.25) is 0 Å². The number of phenolic OH excluding ortho intramolecular Hbond substituents is 1. The van der Waals surface area contributed by atoms with Gasteiger partial charge in [-0.05, 0) is 18.9 Å². The Morgan fingerprint density at radius 3 is 2.39 bits per heavy atom. The minimum absolute atomic E-state index is 0.0860. The average molecular weight is 296 g/mol. The highest BCUT2D eigenvalue weighted by Gasteiger charge is 2.40. The van der Waals surface area contributed by atoms with Crippen LogP contribution in [0, 0.1) is 6.92 Å². The third kappa shape index (κ3) is 3.35. The van der Waals surface area contributed by atoms with Gasteiger partial charge < -0.3 is 5.11 Å². The fourth-order valence-electron chi connectivity index (χ4n) is 1.52. The molecule has 1 aromatic rings. The molecule has 18 heavy (non-hydrogen) atoms. The Labute approximate surface area is 113 Å². The third-order valence-corrected chi connectivity index (χ3v) is 2.78. The Balaban J connectivity index is 3.20. The number of rotatable bonds is 3. The van der Waals surface area contributed by atoms with Gasteiger partial charge in [0.15, 0.2) is 0 Å². The summed E-state index contributed by atoms with van der Waals surface area (Å²) in [7, 11) is 0. The summed E-state index contributed by atoms with van der Waals surface area (Å²) in [5.41, 5.74) is -0.225. The zero-order valence-corrected chi connectivity index (χ0v) is 11.1. The second kappa shape index (κ2) is 5.44. The SMILES string of the molecule is Cc1c(C(=O)C(F)(F)F)ccc(CC(S)S)c1O. The van der Waals surface area contributed by atoms with E-state index in [4.69, 9.17) is 0 Å². The van der Waals surface area contributed by atoms with Crippen LogP contribution < -0.4 is 0 Å². The Morgan fingerprint density at radius 2 is 1.94 bits per heavy atom. The molecule has 0 aliphatic heterocycles. The van der Waals surface area contributed by atoms with Crippen molar-refractivity contribution in [3.05, 3.63) is 28.8 Å². The fourth-order valence-corrected chi connectivity index (χ4v) is 1.91. The first kappa shape index (κ1) is 15.2. The van der Waals surface area contributed by atoms with E-state index in [1.54, 1.807) is 0 Å². The molecule has 2 nitrogen and oxygen atoms in total. The number of carbonyl (C=O) groups excluding carboxylic acids is 1. The normalized spacial score (nSPS) is 11.9. The van der Waals surface area contributed by atoms with Crippen LogP contribution in [-0.4, -0.2) is 21.6 Å². The van der Waals surface area contributed by atoms with Crippen LogP contribution in [0.1, 0.15) is 21.5 Å². The van der Waals surface area contributed by atoms with Crippen molar-refractivity contribution in [2.75, 3.05) is 0 Å². The molecule has 0 aliphatic carbocycles. The molecule has 0 atom stereocenters. The van der Waals surface area contributed by atoms with Crippen LogP contribution in [0.15, 0.2) is 12.1 Å². The maximum atomic E-state index is 12.3. The van der Waals surface area contributed by atoms with E-state index in [-0.39, 0.29) is 22.3 Å². The molecule has 100 valence electrons. The third-order valence-electron chi connectivity index (χ3n) is 2.42. The molecule has 0 radical (unpaired) electrons. The maximum Gasteiger partial charge on any atom is 0.454 e. The number of aromatic hydroxyl groups is 1. The number of halogens is 3. The summed E-state index contributed by atoms with van der Waals surface area (Å²) in [5.74, 6) is -2.28. The number of Topliss-reactive ketones (excluding diaryl/α,β-unsaturated/α-hetero) is 1. The smallest absolute Gasteiger partial charge is 0.454 e. The van der Waals surface area contributed by atoms with E-state index in [0.717, 1.165) is 6.07 Å². The number of benzene rings is 1. The molecule has 0 bridgehead atoms. The van der Waals surface area contributed by atoms with Gasteiger partial charge in [-0.3, -0.25) is 4.79 Å². The van der Waals surface area contributed by atoms with Crippen molar-refractivity contribution in [2.24, 2.45) is 0 Å². The lowest BCUT2D eigenvalue weighted by Gasteiger charge is -2.13. The average Bonchev–Trinajstić information content (AvgIpc) is 2.22. The number of phenols is 1. The lowest BCUT2D eigenvalue weighted by atomic mass is 9.99. The Morgan fingerprint density at radius 1 is 1.39 bits per heavy atom. The van der Waals surface area contributed by atoms with Crippen molar-refractivity contribution in [1.82, 2.24) is 0 Å². The van der Waals surface area contributed by atoms with Gasteiger partial charge in [0.25, 0.3) is 5.78 Å². The number of ketones is 1. The number of thiol groups is 2. The van der Waals surface area contributed by atoms with E-state index < -0.39 is 17.5 Å². The van der Waals surface area contributed by atoms with Crippen LogP contribution in [0.5, 0.6) is 5.75 Å². The van der Waals surface area contributed by atoms with E-state index in [1.807, 2.05) is 0 Å². The van der Waals surface area contributed by atoms with Gasteiger partial charge >= 0.3 is 6.18 Å². The van der Waals surface area contributed by atoms with E-state index >= 15 is 0 Å². The van der Waals surface area contributed by atoms with Crippen molar-refractivity contribution >= 4 is 31.0 Å². The summed E-state index contributed by atoms with van der Waals surface area (Å²) < 4.78 is 36.6. The Hall–Kier alpha value is -0.820. The molecule has 7 heteroatoms. The molecule has 0 aromatic heterocycles. The van der Waals surface area contributed by atoms with Gasteiger partial charge in [-0.25, -0.2) is 0 Å². The summed E-state index contributed by atoms with van der Waals surface area (Å²) in [6.07, 6.45) is -4.67. The number of carbonyl (C=O) groups is 1. The zero-order chi connectivity index (χ0) is 14.1. The molecule has 0 spiro atoms. The molecule has 1 rings (SSSR count). The first-order valence-corrected chi connectivity index (χ1v) is 5.97. The maximum absolute atomic E-state index is 12.3. The van der Waals surface area contributed by atoms with E-state index in [2.05, 4.69) is 25.3 Å². The van der Waals surface area contributed by atoms with Gasteiger partial charge in [-0.1, -0.05) is 12.1 Å². The lowest BCUT2D eigenvalue weighted by molar-refractivity contribution is -0.0885. The predicted molar refractivity (Wildman–Crippen MR) is 68.7 cm³/mol. The summed E-state index contributed by atoms with van der Waals surface area (Å²) >= 11 is 8.02. The first-order valence-electron chi connectivity index (χ1n) is 4.93. The summed E-state index contributed by atoms with van der Waals surface area (Å²) in [6, 6.07) is 2.34. The molecule has 0 heterocycles. The van der Waals surface area contributed by atoms with Gasteiger partial charge in [0.05, 0.1) is 0 Å². The van der Waals surface area contributed by atoms with E-state index in [1.165, 1.54) is 13.0 Å². The van der Waals surface area contributed by atoms with Gasteiger partial charge in [0.1, 0.15) is 5.75 Å². The summed E-state index contributed by atoms with van der Waals surface area (Å²) in [5, 5.41) is 9.75. The highest BCUT2D eigenvalue weighted by molar-refractivity contribution is 7.99. The lowest BCUT2D eigenvalue weighted by Crippen LogP contribution is -2.23. The van der Waals surface area contributed by atoms with Gasteiger partial charge in [-0.2, -0.15) is 38.4 Å². The number of alkyl halides is 3. The molecule has 0 unspecified atom stereocenters. The van der Waals surface area contributed by atoms with E-state index in [0.29, 0.717) is 5.56 Å². The molecule has 0 amide bonds. The topological polar surface area (TPSA) is 37.3 Å². The monoisotopic (exact) mass is 296 g/mol. The van der Waals surface area contributed by atoms with Crippen LogP contribution in [0.4, 0.5) is 13.2 Å². The quantitative estimate of drug-likeness (QED) is 0.455. The van der Waals surface area contributed by atoms with Crippen molar-refractivity contribution < 1.29 is 23.1 Å². The minimum Gasteiger partial charge on any atom is -0.507 e. The van der Waals surface area contributed by atoms with Crippen LogP contribution in [0.25, 0.3) is 0 Å². The number of hydrogen-bond acceptors (Lipinski definition) is 4. The first-order chi connectivity index (χ1) is 8.14. The van der Waals surface area contributed by atoms with Crippen molar-refractivity contribution in [3.8, 4) is 5.75 Å². The number of hydrogen-bond donors (Lipinski definition) is 3. The van der Waals surface area contributed by atoms with Gasteiger partial charge in [0, 0.05) is 15.7 Å². The largest absolute Gasteiger partial charge is 0.507 e. The second-order valence-corrected chi connectivity index (χ2v) is 5.41. The van der Waals surface area contributed by atoms with Crippen molar-refractivity contribution in [2.45, 2.75) is 24.1 Å². The van der Waals surface area contributed by atoms with Crippen LogP contribution >= 0.6 is 25.3 Å². The van der Waals surface area contributed by atoms with Crippen molar-refractivity contribution in [3.63, 3.8) is 0 Å². The second-order valence-electron chi connectivity index (χ2n) is 3.76. The van der Waals surface area contributed by atoms with E-state index in [9.17, 15) is 23.1 Å². The van der Waals surface area contributed by atoms with Crippen LogP contribution in [0.2, 0.25) is 0 Å². The fraction of sp³-hybridized carbons (Fsp3) is 0.364. The Kier molecular flexibility index (Phi) is 4.61. The molecule has 0 aliphatic rings. The standard InChI is InChI=1S/C11H11F3O2S2/c1-5-7(10(16)11(12,13)14)3-2-6(9(5)15)4-8(17)18/h2-3,8,15,17-18H,4H2,1H3. The van der Waals surface area contributed by atoms with Crippen LogP contribution in [0.3, 0.4) is 0 Å². The van der Waals surface area contributed by atoms with Gasteiger partial charge in [-0.15, -0.1) is 0 Å². The molecule has 1 aromatic carbocycles. The summed E-state index contributed by atoms with van der Waals surface area (Å²) in [6.45, 7) is 1.27. The molecular weight excluding hydrogens is 285 g/mol. The molecule has 1 N–H and O–H groups in total. The molecule has 0 saturated heterocycles. The van der Waals surface area contributed by atoms with Crippen LogP contribution in [-0.2, 0) is 6.42 Å².